The molecule has 2 atom stereocenters. The Morgan fingerprint density at radius 2 is 0.963 bits per heavy atom. The highest BCUT2D eigenvalue weighted by Gasteiger charge is 2.36. The first kappa shape index (κ1) is 37.6. The van der Waals surface area contributed by atoms with Crippen LogP contribution >= 0.6 is 23.5 Å². The van der Waals surface area contributed by atoms with E-state index in [1.807, 2.05) is 24.3 Å². The summed E-state index contributed by atoms with van der Waals surface area (Å²) in [5, 5.41) is 23.3. The van der Waals surface area contributed by atoms with Crippen LogP contribution < -0.4 is 20.3 Å². The van der Waals surface area contributed by atoms with Crippen molar-refractivity contribution in [2.24, 2.45) is 0 Å². The number of amides is 4. The minimum Gasteiger partial charge on any atom is -0.484 e. The maximum atomic E-state index is 12.6. The number of hydrogen-bond donors (Lipinski definition) is 2. The van der Waals surface area contributed by atoms with Crippen molar-refractivity contribution < 1.29 is 38.5 Å². The summed E-state index contributed by atoms with van der Waals surface area (Å²) in [6.07, 6.45) is 1.44. The van der Waals surface area contributed by atoms with Crippen molar-refractivity contribution in [3.63, 3.8) is 0 Å². The van der Waals surface area contributed by atoms with E-state index < -0.39 is 32.4 Å². The fraction of sp³-hybridized carbons (Fsp3) is 0.222. The van der Waals surface area contributed by atoms with Gasteiger partial charge < -0.3 is 9.47 Å². The number of nitro groups is 2. The van der Waals surface area contributed by atoms with Crippen LogP contribution in [0.2, 0.25) is 0 Å². The molecule has 0 bridgehead atoms. The monoisotopic (exact) mass is 772 g/mol. The van der Waals surface area contributed by atoms with Gasteiger partial charge in [0, 0.05) is 24.3 Å². The largest absolute Gasteiger partial charge is 0.484 e. The molecule has 2 saturated heterocycles. The lowest BCUT2D eigenvalue weighted by Crippen LogP contribution is -2.46. The topological polar surface area (TPSA) is 204 Å². The number of thioether (sulfide) groups is 2. The number of ether oxygens (including phenoxy) is 2. The Kier molecular flexibility index (Phi) is 11.9. The minimum absolute atomic E-state index is 0.0676. The molecule has 2 N–H and O–H groups in total. The molecule has 0 radical (unpaired) electrons. The summed E-state index contributed by atoms with van der Waals surface area (Å²) in [6, 6.07) is 26.2. The van der Waals surface area contributed by atoms with Crippen LogP contribution in [-0.4, -0.2) is 68.2 Å². The number of nitro benzene ring substituents is 2. The van der Waals surface area contributed by atoms with Gasteiger partial charge >= 0.3 is 0 Å². The van der Waals surface area contributed by atoms with Crippen LogP contribution in [0.5, 0.6) is 11.5 Å². The summed E-state index contributed by atoms with van der Waals surface area (Å²) >= 11 is 2.60. The highest BCUT2D eigenvalue weighted by Crippen LogP contribution is 2.39. The Labute approximate surface area is 316 Å². The van der Waals surface area contributed by atoms with Gasteiger partial charge in [-0.2, -0.15) is 0 Å². The van der Waals surface area contributed by atoms with Crippen LogP contribution in [0.1, 0.15) is 33.0 Å². The quantitative estimate of drug-likeness (QED) is 0.125. The normalized spacial score (nSPS) is 16.6. The smallest absolute Gasteiger partial charge is 0.276 e. The molecule has 54 heavy (non-hydrogen) atoms. The van der Waals surface area contributed by atoms with Gasteiger partial charge in [-0.05, 0) is 83.6 Å². The molecular formula is C36H32N6O10S2. The zero-order valence-corrected chi connectivity index (χ0v) is 30.0. The predicted molar refractivity (Wildman–Crippen MR) is 198 cm³/mol. The number of carbonyl (C=O) groups excluding carboxylic acids is 4. The lowest BCUT2D eigenvalue weighted by molar-refractivity contribution is -0.385. The number of hydrogen-bond acceptors (Lipinski definition) is 12. The van der Waals surface area contributed by atoms with E-state index in [0.29, 0.717) is 22.6 Å². The first-order valence-electron chi connectivity index (χ1n) is 16.4. The number of nitrogens with zero attached hydrogens (tertiary/aromatic N) is 4. The molecule has 4 aromatic carbocycles. The van der Waals surface area contributed by atoms with E-state index in [1.165, 1.54) is 57.8 Å². The predicted octanol–water partition coefficient (Wildman–Crippen LogP) is 4.66. The third-order valence-electron chi connectivity index (χ3n) is 8.29. The van der Waals surface area contributed by atoms with Gasteiger partial charge in [0.05, 0.1) is 21.4 Å². The van der Waals surface area contributed by atoms with Crippen molar-refractivity contribution in [2.75, 3.05) is 24.7 Å². The fourth-order valence-electron chi connectivity index (χ4n) is 5.53. The molecule has 2 aliphatic rings. The Hall–Kier alpha value is -6.14. The molecule has 2 unspecified atom stereocenters. The second-order valence-corrected chi connectivity index (χ2v) is 14.1. The van der Waals surface area contributed by atoms with Gasteiger partial charge in [0.1, 0.15) is 22.2 Å². The van der Waals surface area contributed by atoms with Gasteiger partial charge in [0.15, 0.2) is 13.2 Å². The van der Waals surface area contributed by atoms with Gasteiger partial charge in [0.25, 0.3) is 35.0 Å². The summed E-state index contributed by atoms with van der Waals surface area (Å²) in [5.74, 6) is -0.376. The fourth-order valence-corrected chi connectivity index (χ4v) is 7.75. The lowest BCUT2D eigenvalue weighted by atomic mass is 10.0. The van der Waals surface area contributed by atoms with Crippen LogP contribution in [0.3, 0.4) is 0 Å². The van der Waals surface area contributed by atoms with E-state index in [9.17, 15) is 39.4 Å². The Morgan fingerprint density at radius 3 is 1.30 bits per heavy atom. The van der Waals surface area contributed by atoms with Crippen molar-refractivity contribution in [1.82, 2.24) is 20.9 Å². The molecule has 2 heterocycles. The molecule has 18 heteroatoms. The van der Waals surface area contributed by atoms with Crippen molar-refractivity contribution in [1.29, 1.82) is 0 Å². The number of aryl methyl sites for hydroxylation is 2. The standard InChI is InChI=1S/C36H32N6O10S2/c43-31(37-39-33(45)21-53-35(39)25-7-11-27(12-8-25)41(47)48)19-51-29-15-3-23(4-16-29)1-2-24-5-17-30(18-6-24)52-20-32(44)38-40-34(46)22-54-36(40)26-9-13-28(14-10-26)42(49)50/h3-18,35-36H,1-2,19-22H2,(H,37,43)(H,38,44). The average Bonchev–Trinajstić information content (AvgIpc) is 3.73. The van der Waals surface area contributed by atoms with E-state index in [2.05, 4.69) is 10.9 Å². The maximum Gasteiger partial charge on any atom is 0.276 e. The second kappa shape index (κ2) is 17.1. The van der Waals surface area contributed by atoms with Gasteiger partial charge in [0.2, 0.25) is 0 Å². The second-order valence-electron chi connectivity index (χ2n) is 12.0. The molecule has 4 aromatic rings. The van der Waals surface area contributed by atoms with Gasteiger partial charge in [-0.3, -0.25) is 50.3 Å². The molecule has 6 rings (SSSR count). The first-order chi connectivity index (χ1) is 26.0. The molecule has 0 saturated carbocycles. The lowest BCUT2D eigenvalue weighted by Gasteiger charge is -2.24. The minimum atomic E-state index is -0.524. The zero-order chi connectivity index (χ0) is 38.2. The molecule has 0 spiro atoms. The summed E-state index contributed by atoms with van der Waals surface area (Å²) in [4.78, 5) is 71.1. The number of nitrogens with one attached hydrogen (secondary N) is 2. The van der Waals surface area contributed by atoms with E-state index in [1.54, 1.807) is 48.5 Å². The maximum absolute atomic E-state index is 12.6. The molecule has 0 aromatic heterocycles. The van der Waals surface area contributed by atoms with E-state index in [-0.39, 0.29) is 47.9 Å². The third kappa shape index (κ3) is 9.44. The Morgan fingerprint density at radius 1 is 0.611 bits per heavy atom. The average molecular weight is 773 g/mol. The van der Waals surface area contributed by atoms with Crippen LogP contribution in [0.25, 0.3) is 0 Å². The van der Waals surface area contributed by atoms with E-state index in [0.717, 1.165) is 24.0 Å². The molecule has 16 nitrogen and oxygen atoms in total. The van der Waals surface area contributed by atoms with Crippen LogP contribution in [0.15, 0.2) is 97.1 Å². The highest BCUT2D eigenvalue weighted by atomic mass is 32.2. The molecule has 278 valence electrons. The summed E-state index contributed by atoms with van der Waals surface area (Å²) in [7, 11) is 0. The molecule has 0 aliphatic carbocycles. The van der Waals surface area contributed by atoms with E-state index in [4.69, 9.17) is 9.47 Å². The molecular weight excluding hydrogens is 741 g/mol. The summed E-state index contributed by atoms with van der Waals surface area (Å²) in [6.45, 7) is -0.649. The zero-order valence-electron chi connectivity index (χ0n) is 28.3. The van der Waals surface area contributed by atoms with Gasteiger partial charge in [-0.1, -0.05) is 24.3 Å². The third-order valence-corrected chi connectivity index (χ3v) is 10.7. The number of non-ortho nitro benzene ring substituents is 2. The van der Waals surface area contributed by atoms with Crippen LogP contribution in [0.4, 0.5) is 11.4 Å². The molecule has 2 fully saturated rings. The van der Waals surface area contributed by atoms with Crippen LogP contribution in [0, 0.1) is 20.2 Å². The molecule has 4 amide bonds. The number of rotatable bonds is 15. The Bertz CT molecular complexity index is 1890. The number of hydrazine groups is 2. The van der Waals surface area contributed by atoms with Crippen molar-refractivity contribution >= 4 is 58.5 Å². The highest BCUT2D eigenvalue weighted by molar-refractivity contribution is 8.00. The first-order valence-corrected chi connectivity index (χ1v) is 18.5. The molecule has 2 aliphatic heterocycles. The van der Waals surface area contributed by atoms with Gasteiger partial charge in [-0.25, -0.2) is 10.0 Å². The van der Waals surface area contributed by atoms with Crippen molar-refractivity contribution in [2.45, 2.75) is 23.6 Å². The van der Waals surface area contributed by atoms with E-state index >= 15 is 0 Å². The summed E-state index contributed by atoms with van der Waals surface area (Å²) in [5.41, 5.74) is 8.40. The Balaban J connectivity index is 0.914. The number of carbonyl (C=O) groups is 4. The van der Waals surface area contributed by atoms with Crippen molar-refractivity contribution in [3.8, 4) is 11.5 Å². The van der Waals surface area contributed by atoms with Gasteiger partial charge in [-0.15, -0.1) is 23.5 Å². The van der Waals surface area contributed by atoms with Crippen LogP contribution in [-0.2, 0) is 32.0 Å². The number of benzene rings is 4. The van der Waals surface area contributed by atoms with Crippen molar-refractivity contribution in [3.05, 3.63) is 140 Å². The SMILES string of the molecule is O=C(COc1ccc(CCc2ccc(OCC(=O)NN3C(=O)CSC3c3ccc([N+](=O)[O-])cc3)cc2)cc1)NN1C(=O)CSC1c1ccc([N+](=O)[O-])cc1. The summed E-state index contributed by atoms with van der Waals surface area (Å²) < 4.78 is 11.3.